The number of carbonyl (C=O) groups excluding carboxylic acids is 1. The van der Waals surface area contributed by atoms with Gasteiger partial charge >= 0.3 is 0 Å². The summed E-state index contributed by atoms with van der Waals surface area (Å²) in [5, 5.41) is 2.97. The Hall–Kier alpha value is -1.51. The minimum atomic E-state index is 0.160. The average molecular weight is 233 g/mol. The number of nitrogens with one attached hydrogen (secondary N) is 1. The molecule has 1 N–H and O–H groups in total. The summed E-state index contributed by atoms with van der Waals surface area (Å²) >= 11 is 0. The van der Waals surface area contributed by atoms with E-state index in [2.05, 4.69) is 5.32 Å². The normalized spacial score (nSPS) is 14.4. The maximum Gasteiger partial charge on any atom is 0.220 e. The number of rotatable bonds is 6. The van der Waals surface area contributed by atoms with Crippen molar-refractivity contribution in [3.05, 3.63) is 29.8 Å². The van der Waals surface area contributed by atoms with Crippen LogP contribution in [0.5, 0.6) is 5.75 Å². The van der Waals surface area contributed by atoms with E-state index in [1.165, 1.54) is 18.4 Å². The van der Waals surface area contributed by atoms with Crippen molar-refractivity contribution in [1.29, 1.82) is 0 Å². The number of methoxy groups -OCH3 is 1. The van der Waals surface area contributed by atoms with Gasteiger partial charge in [0.2, 0.25) is 5.91 Å². The van der Waals surface area contributed by atoms with Gasteiger partial charge in [-0.05, 0) is 42.9 Å². The van der Waals surface area contributed by atoms with Gasteiger partial charge in [-0.3, -0.25) is 4.79 Å². The maximum atomic E-state index is 11.5. The number of hydrogen-bond acceptors (Lipinski definition) is 2. The van der Waals surface area contributed by atoms with Crippen LogP contribution in [0, 0.1) is 5.92 Å². The van der Waals surface area contributed by atoms with Crippen molar-refractivity contribution in [2.24, 2.45) is 5.92 Å². The SMILES string of the molecule is COc1ccc(CCC(=O)NCC2CC2)cc1. The van der Waals surface area contributed by atoms with Crippen molar-refractivity contribution < 1.29 is 9.53 Å². The summed E-state index contributed by atoms with van der Waals surface area (Å²) in [7, 11) is 1.65. The number of hydrogen-bond donors (Lipinski definition) is 1. The number of benzene rings is 1. The second kappa shape index (κ2) is 5.71. The quantitative estimate of drug-likeness (QED) is 0.817. The Morgan fingerprint density at radius 2 is 2.06 bits per heavy atom. The Balaban J connectivity index is 1.70. The lowest BCUT2D eigenvalue weighted by molar-refractivity contribution is -0.121. The van der Waals surface area contributed by atoms with E-state index >= 15 is 0 Å². The zero-order valence-corrected chi connectivity index (χ0v) is 10.2. The lowest BCUT2D eigenvalue weighted by Gasteiger charge is -2.05. The van der Waals surface area contributed by atoms with Crippen molar-refractivity contribution in [2.45, 2.75) is 25.7 Å². The van der Waals surface area contributed by atoms with Gasteiger partial charge in [0.1, 0.15) is 5.75 Å². The molecule has 3 nitrogen and oxygen atoms in total. The first-order valence-corrected chi connectivity index (χ1v) is 6.17. The summed E-state index contributed by atoms with van der Waals surface area (Å²) in [6, 6.07) is 7.87. The van der Waals surface area contributed by atoms with Gasteiger partial charge in [-0.1, -0.05) is 12.1 Å². The van der Waals surface area contributed by atoms with Crippen LogP contribution in [0.4, 0.5) is 0 Å². The van der Waals surface area contributed by atoms with E-state index in [-0.39, 0.29) is 5.91 Å². The smallest absolute Gasteiger partial charge is 0.220 e. The Labute approximate surface area is 102 Å². The van der Waals surface area contributed by atoms with Crippen molar-refractivity contribution in [3.63, 3.8) is 0 Å². The molecular formula is C14H19NO2. The second-order valence-corrected chi connectivity index (χ2v) is 4.60. The standard InChI is InChI=1S/C14H19NO2/c1-17-13-7-4-11(5-8-13)6-9-14(16)15-10-12-2-3-12/h4-5,7-8,12H,2-3,6,9-10H2,1H3,(H,15,16). The number of carbonyl (C=O) groups is 1. The fraction of sp³-hybridized carbons (Fsp3) is 0.500. The van der Waals surface area contributed by atoms with Crippen LogP contribution in [0.1, 0.15) is 24.8 Å². The molecule has 0 heterocycles. The van der Waals surface area contributed by atoms with Crippen LogP contribution in [0.3, 0.4) is 0 Å². The molecule has 17 heavy (non-hydrogen) atoms. The lowest BCUT2D eigenvalue weighted by Crippen LogP contribution is -2.25. The van der Waals surface area contributed by atoms with Gasteiger partial charge in [-0.15, -0.1) is 0 Å². The minimum absolute atomic E-state index is 0.160. The van der Waals surface area contributed by atoms with Gasteiger partial charge in [0.05, 0.1) is 7.11 Å². The van der Waals surface area contributed by atoms with Gasteiger partial charge in [0, 0.05) is 13.0 Å². The van der Waals surface area contributed by atoms with Gasteiger partial charge in [-0.2, -0.15) is 0 Å². The molecule has 1 saturated carbocycles. The summed E-state index contributed by atoms with van der Waals surface area (Å²) in [4.78, 5) is 11.5. The van der Waals surface area contributed by atoms with E-state index in [4.69, 9.17) is 4.74 Å². The van der Waals surface area contributed by atoms with Gasteiger partial charge in [-0.25, -0.2) is 0 Å². The van der Waals surface area contributed by atoms with E-state index in [0.29, 0.717) is 6.42 Å². The zero-order valence-electron chi connectivity index (χ0n) is 10.2. The summed E-state index contributed by atoms with van der Waals surface area (Å²) in [5.41, 5.74) is 1.17. The molecule has 0 radical (unpaired) electrons. The Bertz CT molecular complexity index is 368. The van der Waals surface area contributed by atoms with Crippen LogP contribution in [-0.4, -0.2) is 19.6 Å². The predicted molar refractivity (Wildman–Crippen MR) is 67.0 cm³/mol. The molecule has 1 fully saturated rings. The van der Waals surface area contributed by atoms with E-state index in [9.17, 15) is 4.79 Å². The molecule has 0 aliphatic heterocycles. The van der Waals surface area contributed by atoms with Crippen molar-refractivity contribution in [2.75, 3.05) is 13.7 Å². The highest BCUT2D eigenvalue weighted by molar-refractivity contribution is 5.76. The Kier molecular flexibility index (Phi) is 4.02. The minimum Gasteiger partial charge on any atom is -0.497 e. The van der Waals surface area contributed by atoms with Gasteiger partial charge < -0.3 is 10.1 Å². The second-order valence-electron chi connectivity index (χ2n) is 4.60. The first kappa shape index (κ1) is 12.0. The molecule has 1 amide bonds. The largest absolute Gasteiger partial charge is 0.497 e. The first-order chi connectivity index (χ1) is 8.28. The summed E-state index contributed by atoms with van der Waals surface area (Å²) in [5.74, 6) is 1.76. The highest BCUT2D eigenvalue weighted by Crippen LogP contribution is 2.27. The zero-order chi connectivity index (χ0) is 12.1. The van der Waals surface area contributed by atoms with Gasteiger partial charge in [0.25, 0.3) is 0 Å². The molecule has 1 aromatic carbocycles. The molecule has 0 atom stereocenters. The number of ether oxygens (including phenoxy) is 1. The summed E-state index contributed by atoms with van der Waals surface area (Å²) in [6.07, 6.45) is 3.91. The Morgan fingerprint density at radius 1 is 1.35 bits per heavy atom. The molecule has 0 saturated heterocycles. The predicted octanol–water partition coefficient (Wildman–Crippen LogP) is 2.15. The average Bonchev–Trinajstić information content (AvgIpc) is 3.18. The maximum absolute atomic E-state index is 11.5. The molecule has 1 aliphatic carbocycles. The molecule has 2 rings (SSSR count). The van der Waals surface area contributed by atoms with E-state index in [1.54, 1.807) is 7.11 Å². The van der Waals surface area contributed by atoms with E-state index < -0.39 is 0 Å². The fourth-order valence-corrected chi connectivity index (χ4v) is 1.72. The van der Waals surface area contributed by atoms with Crippen molar-refractivity contribution in [1.82, 2.24) is 5.32 Å². The van der Waals surface area contributed by atoms with Crippen LogP contribution >= 0.6 is 0 Å². The van der Waals surface area contributed by atoms with E-state index in [0.717, 1.165) is 24.6 Å². The van der Waals surface area contributed by atoms with E-state index in [1.807, 2.05) is 24.3 Å². The molecule has 0 unspecified atom stereocenters. The van der Waals surface area contributed by atoms with Crippen LogP contribution < -0.4 is 10.1 Å². The number of aryl methyl sites for hydroxylation is 1. The van der Waals surface area contributed by atoms with Crippen LogP contribution in [0.15, 0.2) is 24.3 Å². The van der Waals surface area contributed by atoms with Crippen LogP contribution in [0.2, 0.25) is 0 Å². The number of amides is 1. The third-order valence-corrected chi connectivity index (χ3v) is 3.08. The van der Waals surface area contributed by atoms with Crippen LogP contribution in [0.25, 0.3) is 0 Å². The molecule has 0 aromatic heterocycles. The molecule has 0 spiro atoms. The Morgan fingerprint density at radius 3 is 2.65 bits per heavy atom. The summed E-state index contributed by atoms with van der Waals surface area (Å²) < 4.78 is 5.09. The van der Waals surface area contributed by atoms with Gasteiger partial charge in [0.15, 0.2) is 0 Å². The monoisotopic (exact) mass is 233 g/mol. The van der Waals surface area contributed by atoms with Crippen LogP contribution in [-0.2, 0) is 11.2 Å². The molecule has 1 aliphatic rings. The van der Waals surface area contributed by atoms with Crippen molar-refractivity contribution >= 4 is 5.91 Å². The topological polar surface area (TPSA) is 38.3 Å². The summed E-state index contributed by atoms with van der Waals surface area (Å²) in [6.45, 7) is 0.863. The fourth-order valence-electron chi connectivity index (χ4n) is 1.72. The molecular weight excluding hydrogens is 214 g/mol. The highest BCUT2D eigenvalue weighted by atomic mass is 16.5. The third-order valence-electron chi connectivity index (χ3n) is 3.08. The molecule has 0 bridgehead atoms. The third kappa shape index (κ3) is 4.10. The lowest BCUT2D eigenvalue weighted by atomic mass is 10.1. The molecule has 1 aromatic rings. The van der Waals surface area contributed by atoms with Crippen molar-refractivity contribution in [3.8, 4) is 5.75 Å². The molecule has 3 heteroatoms. The highest BCUT2D eigenvalue weighted by Gasteiger charge is 2.21. The molecule has 92 valence electrons. The first-order valence-electron chi connectivity index (χ1n) is 6.17.